The predicted molar refractivity (Wildman–Crippen MR) is 76.4 cm³/mol. The van der Waals surface area contributed by atoms with E-state index in [1.807, 2.05) is 26.8 Å². The molecule has 19 heavy (non-hydrogen) atoms. The van der Waals surface area contributed by atoms with Gasteiger partial charge >= 0.3 is 0 Å². The lowest BCUT2D eigenvalue weighted by atomic mass is 9.80. The standard InChI is InChI=1S/C15H22N2O2/c1-10-9-13(18)11(2)8-12(10)17-14(19)15(3)4-6-16-7-5-15/h8-9,16,18H,4-7H2,1-3H3,(H,17,19). The van der Waals surface area contributed by atoms with E-state index >= 15 is 0 Å². The van der Waals surface area contributed by atoms with Gasteiger partial charge in [0.05, 0.1) is 0 Å². The van der Waals surface area contributed by atoms with E-state index in [1.54, 1.807) is 6.07 Å². The van der Waals surface area contributed by atoms with Gasteiger partial charge in [-0.15, -0.1) is 0 Å². The second kappa shape index (κ2) is 5.21. The van der Waals surface area contributed by atoms with Crippen molar-refractivity contribution in [2.75, 3.05) is 18.4 Å². The average molecular weight is 262 g/mol. The molecule has 1 heterocycles. The molecule has 1 amide bonds. The summed E-state index contributed by atoms with van der Waals surface area (Å²) in [4.78, 5) is 12.4. The minimum Gasteiger partial charge on any atom is -0.508 e. The molecule has 0 saturated carbocycles. The summed E-state index contributed by atoms with van der Waals surface area (Å²) < 4.78 is 0. The monoisotopic (exact) mass is 262 g/mol. The van der Waals surface area contributed by atoms with Crippen molar-refractivity contribution in [1.29, 1.82) is 0 Å². The van der Waals surface area contributed by atoms with Crippen LogP contribution in [0, 0.1) is 19.3 Å². The first-order valence-corrected chi connectivity index (χ1v) is 6.75. The summed E-state index contributed by atoms with van der Waals surface area (Å²) in [7, 11) is 0. The lowest BCUT2D eigenvalue weighted by Crippen LogP contribution is -2.42. The summed E-state index contributed by atoms with van der Waals surface area (Å²) >= 11 is 0. The molecule has 0 radical (unpaired) electrons. The average Bonchev–Trinajstić information content (AvgIpc) is 2.36. The van der Waals surface area contributed by atoms with Gasteiger partial charge in [0, 0.05) is 11.1 Å². The number of amides is 1. The van der Waals surface area contributed by atoms with E-state index in [2.05, 4.69) is 10.6 Å². The third-order valence-corrected chi connectivity index (χ3v) is 4.05. The molecule has 1 aromatic rings. The molecular weight excluding hydrogens is 240 g/mol. The zero-order valence-electron chi connectivity index (χ0n) is 11.8. The second-order valence-electron chi connectivity index (χ2n) is 5.72. The van der Waals surface area contributed by atoms with Crippen LogP contribution in [0.5, 0.6) is 5.75 Å². The van der Waals surface area contributed by atoms with Gasteiger partial charge in [-0.1, -0.05) is 6.92 Å². The van der Waals surface area contributed by atoms with Crippen LogP contribution in [0.2, 0.25) is 0 Å². The van der Waals surface area contributed by atoms with Gasteiger partial charge < -0.3 is 15.7 Å². The third-order valence-electron chi connectivity index (χ3n) is 4.05. The number of carbonyl (C=O) groups excluding carboxylic acids is 1. The molecule has 1 aromatic carbocycles. The molecule has 0 spiro atoms. The Morgan fingerprint density at radius 2 is 1.89 bits per heavy atom. The summed E-state index contributed by atoms with van der Waals surface area (Å²) in [5, 5.41) is 15.9. The van der Waals surface area contributed by atoms with Crippen LogP contribution in [0.3, 0.4) is 0 Å². The normalized spacial score (nSPS) is 18.1. The molecule has 0 aliphatic carbocycles. The van der Waals surface area contributed by atoms with Crippen LogP contribution in [-0.2, 0) is 4.79 Å². The number of aryl methyl sites for hydroxylation is 2. The van der Waals surface area contributed by atoms with Crippen molar-refractivity contribution in [3.8, 4) is 5.75 Å². The SMILES string of the molecule is Cc1cc(NC(=O)C2(C)CCNCC2)c(C)cc1O. The highest BCUT2D eigenvalue weighted by molar-refractivity contribution is 5.96. The number of hydrogen-bond acceptors (Lipinski definition) is 3. The summed E-state index contributed by atoms with van der Waals surface area (Å²) in [5.41, 5.74) is 2.15. The van der Waals surface area contributed by atoms with Gasteiger partial charge in [0.25, 0.3) is 0 Å². The van der Waals surface area contributed by atoms with E-state index < -0.39 is 0 Å². The zero-order valence-corrected chi connectivity index (χ0v) is 11.8. The molecule has 4 nitrogen and oxygen atoms in total. The Labute approximate surface area is 114 Å². The van der Waals surface area contributed by atoms with Crippen molar-refractivity contribution in [2.45, 2.75) is 33.6 Å². The molecule has 1 saturated heterocycles. The van der Waals surface area contributed by atoms with Gasteiger partial charge in [-0.05, 0) is 63.0 Å². The predicted octanol–water partition coefficient (Wildman–Crippen LogP) is 2.34. The van der Waals surface area contributed by atoms with Gasteiger partial charge in [0.2, 0.25) is 5.91 Å². The topological polar surface area (TPSA) is 61.4 Å². The van der Waals surface area contributed by atoms with Crippen molar-refractivity contribution in [3.05, 3.63) is 23.3 Å². The summed E-state index contributed by atoms with van der Waals surface area (Å²) in [6.45, 7) is 7.51. The molecule has 0 unspecified atom stereocenters. The highest BCUT2D eigenvalue weighted by atomic mass is 16.3. The van der Waals surface area contributed by atoms with E-state index in [4.69, 9.17) is 0 Å². The summed E-state index contributed by atoms with van der Waals surface area (Å²) in [5.74, 6) is 0.339. The fourth-order valence-electron chi connectivity index (χ4n) is 2.41. The zero-order chi connectivity index (χ0) is 14.0. The first-order valence-electron chi connectivity index (χ1n) is 6.75. The van der Waals surface area contributed by atoms with Crippen molar-refractivity contribution in [1.82, 2.24) is 5.32 Å². The van der Waals surface area contributed by atoms with E-state index in [0.29, 0.717) is 0 Å². The Bertz CT molecular complexity index is 491. The highest BCUT2D eigenvalue weighted by Gasteiger charge is 2.34. The molecule has 0 aromatic heterocycles. The fraction of sp³-hybridized carbons (Fsp3) is 0.533. The number of benzene rings is 1. The maximum absolute atomic E-state index is 12.4. The van der Waals surface area contributed by atoms with E-state index in [9.17, 15) is 9.90 Å². The summed E-state index contributed by atoms with van der Waals surface area (Å²) in [6.07, 6.45) is 1.71. The molecule has 2 rings (SSSR count). The van der Waals surface area contributed by atoms with E-state index in [1.165, 1.54) is 0 Å². The summed E-state index contributed by atoms with van der Waals surface area (Å²) in [6, 6.07) is 3.52. The number of hydrogen-bond donors (Lipinski definition) is 3. The Hall–Kier alpha value is -1.55. The van der Waals surface area contributed by atoms with Gasteiger partial charge in [-0.3, -0.25) is 4.79 Å². The third kappa shape index (κ3) is 2.89. The van der Waals surface area contributed by atoms with Crippen molar-refractivity contribution < 1.29 is 9.90 Å². The van der Waals surface area contributed by atoms with E-state index in [0.717, 1.165) is 42.7 Å². The van der Waals surface area contributed by atoms with Crippen LogP contribution in [-0.4, -0.2) is 24.1 Å². The quantitative estimate of drug-likeness (QED) is 0.717. The number of carbonyl (C=O) groups is 1. The molecule has 104 valence electrons. The van der Waals surface area contributed by atoms with Crippen molar-refractivity contribution in [2.24, 2.45) is 5.41 Å². The Kier molecular flexibility index (Phi) is 3.80. The Morgan fingerprint density at radius 1 is 1.26 bits per heavy atom. The molecule has 1 fully saturated rings. The van der Waals surface area contributed by atoms with Gasteiger partial charge in [0.1, 0.15) is 5.75 Å². The molecular formula is C15H22N2O2. The Balaban J connectivity index is 2.16. The lowest BCUT2D eigenvalue weighted by molar-refractivity contribution is -0.126. The number of nitrogens with one attached hydrogen (secondary N) is 2. The molecule has 4 heteroatoms. The van der Waals surface area contributed by atoms with Gasteiger partial charge in [-0.2, -0.15) is 0 Å². The van der Waals surface area contributed by atoms with Crippen LogP contribution in [0.25, 0.3) is 0 Å². The van der Waals surface area contributed by atoms with Crippen LogP contribution >= 0.6 is 0 Å². The number of phenols is 1. The van der Waals surface area contributed by atoms with Crippen LogP contribution in [0.15, 0.2) is 12.1 Å². The van der Waals surface area contributed by atoms with Crippen molar-refractivity contribution >= 4 is 11.6 Å². The number of anilines is 1. The smallest absolute Gasteiger partial charge is 0.230 e. The molecule has 0 bridgehead atoms. The largest absolute Gasteiger partial charge is 0.508 e. The maximum atomic E-state index is 12.4. The first-order chi connectivity index (χ1) is 8.92. The number of piperidine rings is 1. The van der Waals surface area contributed by atoms with Crippen LogP contribution in [0.1, 0.15) is 30.9 Å². The van der Waals surface area contributed by atoms with E-state index in [-0.39, 0.29) is 17.1 Å². The maximum Gasteiger partial charge on any atom is 0.230 e. The first kappa shape index (κ1) is 13.9. The van der Waals surface area contributed by atoms with Gasteiger partial charge in [0.15, 0.2) is 0 Å². The number of phenolic OH excluding ortho intramolecular Hbond substituents is 1. The minimum atomic E-state index is -0.302. The van der Waals surface area contributed by atoms with Crippen molar-refractivity contribution in [3.63, 3.8) is 0 Å². The molecule has 0 atom stereocenters. The number of aromatic hydroxyl groups is 1. The fourth-order valence-corrected chi connectivity index (χ4v) is 2.41. The molecule has 1 aliphatic rings. The lowest BCUT2D eigenvalue weighted by Gasteiger charge is -2.32. The highest BCUT2D eigenvalue weighted by Crippen LogP contribution is 2.31. The molecule has 3 N–H and O–H groups in total. The second-order valence-corrected chi connectivity index (χ2v) is 5.72. The molecule has 1 aliphatic heterocycles. The minimum absolute atomic E-state index is 0.0715. The van der Waals surface area contributed by atoms with Gasteiger partial charge in [-0.25, -0.2) is 0 Å². The van der Waals surface area contributed by atoms with Crippen LogP contribution < -0.4 is 10.6 Å². The number of rotatable bonds is 2. The van der Waals surface area contributed by atoms with Crippen LogP contribution in [0.4, 0.5) is 5.69 Å². The Morgan fingerprint density at radius 3 is 2.53 bits per heavy atom.